The van der Waals surface area contributed by atoms with Gasteiger partial charge in [0.15, 0.2) is 0 Å². The Morgan fingerprint density at radius 3 is 1.67 bits per heavy atom. The Labute approximate surface area is 131 Å². The third-order valence-electron chi connectivity index (χ3n) is 6.26. The molecule has 3 nitrogen and oxygen atoms in total. The van der Waals surface area contributed by atoms with Crippen molar-refractivity contribution in [2.24, 2.45) is 11.8 Å². The van der Waals surface area contributed by atoms with Gasteiger partial charge in [0, 0.05) is 51.5 Å². The van der Waals surface area contributed by atoms with E-state index >= 15 is 0 Å². The third-order valence-corrected chi connectivity index (χ3v) is 6.26. The van der Waals surface area contributed by atoms with Crippen molar-refractivity contribution in [2.45, 2.75) is 64.5 Å². The molecule has 1 saturated carbocycles. The summed E-state index contributed by atoms with van der Waals surface area (Å²) in [5.41, 5.74) is 0. The van der Waals surface area contributed by atoms with E-state index < -0.39 is 0 Å². The van der Waals surface area contributed by atoms with E-state index in [9.17, 15) is 0 Å². The Morgan fingerprint density at radius 1 is 0.714 bits per heavy atom. The van der Waals surface area contributed by atoms with Crippen LogP contribution in [-0.4, -0.2) is 61.3 Å². The SMILES string of the molecule is CC(C)C1CCC(N2CCN(C3CCOCC3)CC2)CC1. The minimum Gasteiger partial charge on any atom is -0.381 e. The van der Waals surface area contributed by atoms with E-state index in [1.807, 2.05) is 0 Å². The molecule has 1 aliphatic carbocycles. The highest BCUT2D eigenvalue weighted by molar-refractivity contribution is 4.86. The van der Waals surface area contributed by atoms with Crippen molar-refractivity contribution in [2.75, 3.05) is 39.4 Å². The van der Waals surface area contributed by atoms with Gasteiger partial charge in [-0.25, -0.2) is 0 Å². The van der Waals surface area contributed by atoms with E-state index in [4.69, 9.17) is 4.74 Å². The van der Waals surface area contributed by atoms with Gasteiger partial charge in [-0.3, -0.25) is 9.80 Å². The topological polar surface area (TPSA) is 15.7 Å². The van der Waals surface area contributed by atoms with Crippen molar-refractivity contribution in [3.63, 3.8) is 0 Å². The van der Waals surface area contributed by atoms with E-state index in [1.165, 1.54) is 64.7 Å². The zero-order valence-electron chi connectivity index (χ0n) is 14.1. The van der Waals surface area contributed by atoms with E-state index in [0.717, 1.165) is 37.1 Å². The number of nitrogens with zero attached hydrogens (tertiary/aromatic N) is 2. The smallest absolute Gasteiger partial charge is 0.0480 e. The van der Waals surface area contributed by atoms with E-state index in [0.29, 0.717) is 0 Å². The van der Waals surface area contributed by atoms with Crippen LogP contribution in [0.4, 0.5) is 0 Å². The van der Waals surface area contributed by atoms with Crippen molar-refractivity contribution in [3.8, 4) is 0 Å². The van der Waals surface area contributed by atoms with Crippen LogP contribution in [0.25, 0.3) is 0 Å². The molecule has 0 N–H and O–H groups in total. The molecule has 3 rings (SSSR count). The summed E-state index contributed by atoms with van der Waals surface area (Å²) in [5.74, 6) is 1.88. The van der Waals surface area contributed by atoms with Crippen molar-refractivity contribution in [1.29, 1.82) is 0 Å². The molecule has 0 atom stereocenters. The monoisotopic (exact) mass is 294 g/mol. The summed E-state index contributed by atoms with van der Waals surface area (Å²) in [6.45, 7) is 11.9. The molecule has 3 heteroatoms. The van der Waals surface area contributed by atoms with E-state index in [1.54, 1.807) is 0 Å². The molecular weight excluding hydrogens is 260 g/mol. The second kappa shape index (κ2) is 7.43. The number of ether oxygens (including phenoxy) is 1. The highest BCUT2D eigenvalue weighted by Crippen LogP contribution is 2.32. The highest BCUT2D eigenvalue weighted by Gasteiger charge is 2.31. The van der Waals surface area contributed by atoms with E-state index in [2.05, 4.69) is 23.6 Å². The summed E-state index contributed by atoms with van der Waals surface area (Å²) >= 11 is 0. The molecule has 0 aromatic carbocycles. The second-order valence-electron chi connectivity index (χ2n) is 7.73. The van der Waals surface area contributed by atoms with Crippen LogP contribution in [-0.2, 0) is 4.74 Å². The first kappa shape index (κ1) is 15.8. The fourth-order valence-corrected chi connectivity index (χ4v) is 4.65. The molecule has 2 saturated heterocycles. The molecule has 21 heavy (non-hydrogen) atoms. The zero-order chi connectivity index (χ0) is 14.7. The predicted molar refractivity (Wildman–Crippen MR) is 87.6 cm³/mol. The molecule has 122 valence electrons. The molecule has 2 aliphatic heterocycles. The number of piperazine rings is 1. The zero-order valence-corrected chi connectivity index (χ0v) is 14.1. The molecule has 3 fully saturated rings. The number of hydrogen-bond acceptors (Lipinski definition) is 3. The van der Waals surface area contributed by atoms with Crippen LogP contribution < -0.4 is 0 Å². The first-order valence-electron chi connectivity index (χ1n) is 9.30. The van der Waals surface area contributed by atoms with Crippen molar-refractivity contribution in [3.05, 3.63) is 0 Å². The molecule has 0 aromatic rings. The van der Waals surface area contributed by atoms with Crippen LogP contribution in [0.1, 0.15) is 52.4 Å². The van der Waals surface area contributed by atoms with Crippen LogP contribution in [0.15, 0.2) is 0 Å². The molecule has 2 heterocycles. The normalized spacial score (nSPS) is 34.4. The summed E-state index contributed by atoms with van der Waals surface area (Å²) in [7, 11) is 0. The number of hydrogen-bond donors (Lipinski definition) is 0. The van der Waals surface area contributed by atoms with Gasteiger partial charge in [-0.05, 0) is 50.4 Å². The van der Waals surface area contributed by atoms with Crippen molar-refractivity contribution < 1.29 is 4.74 Å². The molecule has 0 radical (unpaired) electrons. The lowest BCUT2D eigenvalue weighted by Gasteiger charge is -2.45. The average molecular weight is 294 g/mol. The van der Waals surface area contributed by atoms with Crippen LogP contribution in [0.3, 0.4) is 0 Å². The molecule has 0 unspecified atom stereocenters. The minimum atomic E-state index is 0.803. The lowest BCUT2D eigenvalue weighted by atomic mass is 9.79. The van der Waals surface area contributed by atoms with Gasteiger partial charge in [0.05, 0.1) is 0 Å². The van der Waals surface area contributed by atoms with Gasteiger partial charge in [0.2, 0.25) is 0 Å². The van der Waals surface area contributed by atoms with Gasteiger partial charge in [-0.15, -0.1) is 0 Å². The van der Waals surface area contributed by atoms with Gasteiger partial charge < -0.3 is 4.74 Å². The molecule has 0 amide bonds. The Bertz CT molecular complexity index is 298. The predicted octanol–water partition coefficient (Wildman–Crippen LogP) is 3.00. The standard InChI is InChI=1S/C18H34N2O/c1-15(2)16-3-5-17(6-4-16)19-9-11-20(12-10-19)18-7-13-21-14-8-18/h15-18H,3-14H2,1-2H3. The Hall–Kier alpha value is -0.120. The van der Waals surface area contributed by atoms with Gasteiger partial charge in [0.1, 0.15) is 0 Å². The van der Waals surface area contributed by atoms with Gasteiger partial charge in [-0.1, -0.05) is 13.8 Å². The molecule has 3 aliphatic rings. The van der Waals surface area contributed by atoms with Crippen molar-refractivity contribution in [1.82, 2.24) is 9.80 Å². The largest absolute Gasteiger partial charge is 0.381 e. The third kappa shape index (κ3) is 4.00. The molecule has 0 spiro atoms. The summed E-state index contributed by atoms with van der Waals surface area (Å²) in [6, 6.07) is 1.69. The summed E-state index contributed by atoms with van der Waals surface area (Å²) in [5, 5.41) is 0. The van der Waals surface area contributed by atoms with Gasteiger partial charge in [-0.2, -0.15) is 0 Å². The lowest BCUT2D eigenvalue weighted by Crippen LogP contribution is -2.54. The van der Waals surface area contributed by atoms with Crippen molar-refractivity contribution >= 4 is 0 Å². The fraction of sp³-hybridized carbons (Fsp3) is 1.00. The maximum Gasteiger partial charge on any atom is 0.0480 e. The van der Waals surface area contributed by atoms with Gasteiger partial charge >= 0.3 is 0 Å². The maximum atomic E-state index is 5.50. The molecule has 0 bridgehead atoms. The van der Waals surface area contributed by atoms with Crippen LogP contribution >= 0.6 is 0 Å². The lowest BCUT2D eigenvalue weighted by molar-refractivity contribution is 0.000405. The second-order valence-corrected chi connectivity index (χ2v) is 7.73. The first-order chi connectivity index (χ1) is 10.2. The Morgan fingerprint density at radius 2 is 1.19 bits per heavy atom. The highest BCUT2D eigenvalue weighted by atomic mass is 16.5. The maximum absolute atomic E-state index is 5.50. The fourth-order valence-electron chi connectivity index (χ4n) is 4.65. The summed E-state index contributed by atoms with van der Waals surface area (Å²) < 4.78 is 5.50. The Kier molecular flexibility index (Phi) is 5.58. The quantitative estimate of drug-likeness (QED) is 0.796. The van der Waals surface area contributed by atoms with E-state index in [-0.39, 0.29) is 0 Å². The molecule has 0 aromatic heterocycles. The Balaban J connectivity index is 1.41. The summed E-state index contributed by atoms with van der Waals surface area (Å²) in [4.78, 5) is 5.53. The summed E-state index contributed by atoms with van der Waals surface area (Å²) in [6.07, 6.45) is 8.31. The van der Waals surface area contributed by atoms with Gasteiger partial charge in [0.25, 0.3) is 0 Å². The van der Waals surface area contributed by atoms with Crippen LogP contribution in [0, 0.1) is 11.8 Å². The average Bonchev–Trinajstić information content (AvgIpc) is 2.56. The molecular formula is C18H34N2O. The van der Waals surface area contributed by atoms with Crippen LogP contribution in [0.2, 0.25) is 0 Å². The first-order valence-corrected chi connectivity index (χ1v) is 9.30. The number of rotatable bonds is 3. The van der Waals surface area contributed by atoms with Crippen LogP contribution in [0.5, 0.6) is 0 Å². The minimum absolute atomic E-state index is 0.803.